The molecule has 1 saturated heterocycles. The maximum absolute atomic E-state index is 12.7. The normalized spacial score (nSPS) is 20.1. The highest BCUT2D eigenvalue weighted by Gasteiger charge is 2.48. The Morgan fingerprint density at radius 3 is 2.52 bits per heavy atom. The van der Waals surface area contributed by atoms with Gasteiger partial charge in [0.1, 0.15) is 11.4 Å². The zero-order chi connectivity index (χ0) is 19.1. The van der Waals surface area contributed by atoms with Crippen LogP contribution in [0.5, 0.6) is 5.75 Å². The third kappa shape index (κ3) is 5.69. The molecule has 5 heteroatoms. The fourth-order valence-electron chi connectivity index (χ4n) is 3.85. The van der Waals surface area contributed by atoms with E-state index in [1.807, 2.05) is 38.1 Å². The van der Waals surface area contributed by atoms with Crippen molar-refractivity contribution in [3.8, 4) is 5.75 Å². The molecule has 2 aliphatic rings. The molecule has 27 heavy (non-hydrogen) atoms. The SMILES string of the molecule is CCOC(C)(C(=O)Nc1ccc(OCCCN2CCCCC2)cc1)C1CC1. The third-order valence-electron chi connectivity index (χ3n) is 5.70. The van der Waals surface area contributed by atoms with Gasteiger partial charge in [-0.25, -0.2) is 0 Å². The molecule has 1 aromatic carbocycles. The zero-order valence-corrected chi connectivity index (χ0v) is 16.8. The number of ether oxygens (including phenoxy) is 2. The first-order chi connectivity index (χ1) is 13.1. The van der Waals surface area contributed by atoms with Crippen LogP contribution in [-0.4, -0.2) is 49.3 Å². The molecule has 1 amide bonds. The van der Waals surface area contributed by atoms with Gasteiger partial charge in [0.2, 0.25) is 0 Å². The van der Waals surface area contributed by atoms with Gasteiger partial charge in [0.05, 0.1) is 6.61 Å². The predicted molar refractivity (Wildman–Crippen MR) is 108 cm³/mol. The summed E-state index contributed by atoms with van der Waals surface area (Å²) in [7, 11) is 0. The van der Waals surface area contributed by atoms with Crippen LogP contribution in [0.15, 0.2) is 24.3 Å². The van der Waals surface area contributed by atoms with Gasteiger partial charge in [-0.15, -0.1) is 0 Å². The van der Waals surface area contributed by atoms with E-state index in [9.17, 15) is 4.79 Å². The summed E-state index contributed by atoms with van der Waals surface area (Å²) >= 11 is 0. The summed E-state index contributed by atoms with van der Waals surface area (Å²) in [5.74, 6) is 1.13. The van der Waals surface area contributed by atoms with Crippen LogP contribution in [0.25, 0.3) is 0 Å². The van der Waals surface area contributed by atoms with Crippen LogP contribution in [0.1, 0.15) is 52.4 Å². The Balaban J connectivity index is 1.42. The smallest absolute Gasteiger partial charge is 0.256 e. The second-order valence-electron chi connectivity index (χ2n) is 7.90. The number of hydrogen-bond acceptors (Lipinski definition) is 4. The molecule has 1 N–H and O–H groups in total. The predicted octanol–water partition coefficient (Wildman–Crippen LogP) is 4.09. The molecule has 1 aliphatic heterocycles. The molecule has 1 saturated carbocycles. The molecular formula is C22H34N2O3. The van der Waals surface area contributed by atoms with Gasteiger partial charge in [-0.1, -0.05) is 6.42 Å². The topological polar surface area (TPSA) is 50.8 Å². The van der Waals surface area contributed by atoms with Crippen molar-refractivity contribution in [1.29, 1.82) is 0 Å². The lowest BCUT2D eigenvalue weighted by Gasteiger charge is -2.28. The van der Waals surface area contributed by atoms with E-state index in [0.717, 1.165) is 43.9 Å². The summed E-state index contributed by atoms with van der Waals surface area (Å²) < 4.78 is 11.6. The number of carbonyl (C=O) groups excluding carboxylic acids is 1. The van der Waals surface area contributed by atoms with Crippen molar-refractivity contribution in [3.05, 3.63) is 24.3 Å². The molecule has 1 aliphatic carbocycles. The molecular weight excluding hydrogens is 340 g/mol. The summed E-state index contributed by atoms with van der Waals surface area (Å²) in [4.78, 5) is 15.2. The second-order valence-corrected chi connectivity index (χ2v) is 7.90. The van der Waals surface area contributed by atoms with Gasteiger partial charge >= 0.3 is 0 Å². The van der Waals surface area contributed by atoms with Crippen molar-refractivity contribution in [1.82, 2.24) is 4.90 Å². The number of piperidine rings is 1. The number of rotatable bonds is 10. The van der Waals surface area contributed by atoms with Gasteiger partial charge in [0, 0.05) is 18.8 Å². The van der Waals surface area contributed by atoms with Crippen molar-refractivity contribution in [2.45, 2.75) is 58.0 Å². The van der Waals surface area contributed by atoms with Crippen LogP contribution in [0.4, 0.5) is 5.69 Å². The minimum Gasteiger partial charge on any atom is -0.494 e. The molecule has 0 bridgehead atoms. The molecule has 1 heterocycles. The summed E-state index contributed by atoms with van der Waals surface area (Å²) in [6.45, 7) is 8.70. The fourth-order valence-corrected chi connectivity index (χ4v) is 3.85. The van der Waals surface area contributed by atoms with Crippen LogP contribution in [0.2, 0.25) is 0 Å². The van der Waals surface area contributed by atoms with Crippen molar-refractivity contribution >= 4 is 11.6 Å². The van der Waals surface area contributed by atoms with E-state index in [4.69, 9.17) is 9.47 Å². The summed E-state index contributed by atoms with van der Waals surface area (Å²) in [5, 5.41) is 3.00. The van der Waals surface area contributed by atoms with Crippen molar-refractivity contribution in [2.75, 3.05) is 38.2 Å². The number of benzene rings is 1. The van der Waals surface area contributed by atoms with Crippen molar-refractivity contribution < 1.29 is 14.3 Å². The number of amides is 1. The van der Waals surface area contributed by atoms with E-state index >= 15 is 0 Å². The first-order valence-corrected chi connectivity index (χ1v) is 10.5. The van der Waals surface area contributed by atoms with Crippen LogP contribution >= 0.6 is 0 Å². The molecule has 1 aromatic rings. The molecule has 2 fully saturated rings. The number of hydrogen-bond donors (Lipinski definition) is 1. The van der Waals surface area contributed by atoms with E-state index in [0.29, 0.717) is 12.5 Å². The first-order valence-electron chi connectivity index (χ1n) is 10.5. The molecule has 5 nitrogen and oxygen atoms in total. The molecule has 1 unspecified atom stereocenters. The standard InChI is InChI=1S/C22H34N2O3/c1-3-27-22(2,18-8-9-18)21(25)23-19-10-12-20(13-11-19)26-17-7-16-24-14-5-4-6-15-24/h10-13,18H,3-9,14-17H2,1-2H3,(H,23,25). The van der Waals surface area contributed by atoms with E-state index in [1.54, 1.807) is 0 Å². The largest absolute Gasteiger partial charge is 0.494 e. The molecule has 0 spiro atoms. The number of carbonyl (C=O) groups is 1. The van der Waals surface area contributed by atoms with E-state index in [2.05, 4.69) is 10.2 Å². The van der Waals surface area contributed by atoms with Gasteiger partial charge in [-0.2, -0.15) is 0 Å². The molecule has 3 rings (SSSR count). The average molecular weight is 375 g/mol. The highest BCUT2D eigenvalue weighted by molar-refractivity contribution is 5.97. The Morgan fingerprint density at radius 2 is 1.89 bits per heavy atom. The average Bonchev–Trinajstić information content (AvgIpc) is 3.53. The molecule has 150 valence electrons. The molecule has 1 atom stereocenters. The monoisotopic (exact) mass is 374 g/mol. The van der Waals surface area contributed by atoms with E-state index < -0.39 is 5.60 Å². The van der Waals surface area contributed by atoms with E-state index in [1.165, 1.54) is 32.4 Å². The number of nitrogens with one attached hydrogen (secondary N) is 1. The minimum absolute atomic E-state index is 0.0537. The Kier molecular flexibility index (Phi) is 7.13. The molecule has 0 aromatic heterocycles. The lowest BCUT2D eigenvalue weighted by molar-refractivity contribution is -0.141. The van der Waals surface area contributed by atoms with Gasteiger partial charge in [0.25, 0.3) is 5.91 Å². The van der Waals surface area contributed by atoms with Crippen molar-refractivity contribution in [2.24, 2.45) is 5.92 Å². The lowest BCUT2D eigenvalue weighted by Crippen LogP contribution is -2.44. The van der Waals surface area contributed by atoms with Gasteiger partial charge in [-0.05, 0) is 89.2 Å². The Bertz CT molecular complexity index is 594. The maximum Gasteiger partial charge on any atom is 0.256 e. The van der Waals surface area contributed by atoms with Gasteiger partial charge in [0.15, 0.2) is 0 Å². The Hall–Kier alpha value is -1.59. The molecule has 0 radical (unpaired) electrons. The third-order valence-corrected chi connectivity index (χ3v) is 5.70. The van der Waals surface area contributed by atoms with Crippen LogP contribution in [0, 0.1) is 5.92 Å². The van der Waals surface area contributed by atoms with Gasteiger partial charge < -0.3 is 19.7 Å². The quantitative estimate of drug-likeness (QED) is 0.627. The fraction of sp³-hybridized carbons (Fsp3) is 0.682. The second kappa shape index (κ2) is 9.56. The van der Waals surface area contributed by atoms with Crippen molar-refractivity contribution in [3.63, 3.8) is 0 Å². The van der Waals surface area contributed by atoms with Crippen LogP contribution in [-0.2, 0) is 9.53 Å². The number of nitrogens with zero attached hydrogens (tertiary/aromatic N) is 1. The minimum atomic E-state index is -0.724. The number of anilines is 1. The van der Waals surface area contributed by atoms with Crippen LogP contribution < -0.4 is 10.1 Å². The number of likely N-dealkylation sites (tertiary alicyclic amines) is 1. The van der Waals surface area contributed by atoms with Crippen LogP contribution in [0.3, 0.4) is 0 Å². The summed E-state index contributed by atoms with van der Waals surface area (Å²) in [6, 6.07) is 7.64. The first kappa shape index (κ1) is 20.2. The highest BCUT2D eigenvalue weighted by atomic mass is 16.5. The van der Waals surface area contributed by atoms with E-state index in [-0.39, 0.29) is 5.91 Å². The zero-order valence-electron chi connectivity index (χ0n) is 16.8. The Morgan fingerprint density at radius 1 is 1.19 bits per heavy atom. The highest BCUT2D eigenvalue weighted by Crippen LogP contribution is 2.42. The summed E-state index contributed by atoms with van der Waals surface area (Å²) in [6.07, 6.45) is 7.21. The summed E-state index contributed by atoms with van der Waals surface area (Å²) in [5.41, 5.74) is 0.0607. The lowest BCUT2D eigenvalue weighted by atomic mass is 9.99. The van der Waals surface area contributed by atoms with Gasteiger partial charge in [-0.3, -0.25) is 4.79 Å². The maximum atomic E-state index is 12.7. The Labute approximate surface area is 163 Å².